The van der Waals surface area contributed by atoms with Crippen LogP contribution in [0, 0.1) is 5.92 Å². The normalized spacial score (nSPS) is 25.8. The number of carbonyl (C=O) groups excluding carboxylic acids is 1. The number of ether oxygens (including phenoxy) is 1. The van der Waals surface area contributed by atoms with E-state index in [0.29, 0.717) is 5.75 Å². The highest BCUT2D eigenvalue weighted by atomic mass is 16.5. The number of rotatable bonds is 3. The summed E-state index contributed by atoms with van der Waals surface area (Å²) in [5.74, 6) is 0.159. The van der Waals surface area contributed by atoms with Gasteiger partial charge in [-0.15, -0.1) is 0 Å². The van der Waals surface area contributed by atoms with Gasteiger partial charge in [0.2, 0.25) is 5.91 Å². The van der Waals surface area contributed by atoms with Crippen LogP contribution in [-0.4, -0.2) is 30.3 Å². The van der Waals surface area contributed by atoms with Crippen LogP contribution < -0.4 is 15.4 Å². The van der Waals surface area contributed by atoms with E-state index in [0.717, 1.165) is 5.56 Å². The maximum absolute atomic E-state index is 11.7. The van der Waals surface area contributed by atoms with Gasteiger partial charge in [-0.3, -0.25) is 4.79 Å². The molecule has 6 heteroatoms. The highest BCUT2D eigenvalue weighted by molar-refractivity contribution is 5.83. The van der Waals surface area contributed by atoms with Gasteiger partial charge >= 0.3 is 6.09 Å². The summed E-state index contributed by atoms with van der Waals surface area (Å²) < 4.78 is 5.07. The molecule has 2 rings (SSSR count). The zero-order valence-corrected chi connectivity index (χ0v) is 10.7. The Kier molecular flexibility index (Phi) is 3.59. The Morgan fingerprint density at radius 1 is 1.37 bits per heavy atom. The van der Waals surface area contributed by atoms with Crippen molar-refractivity contribution < 1.29 is 19.4 Å². The van der Waals surface area contributed by atoms with Gasteiger partial charge in [-0.05, 0) is 17.7 Å². The van der Waals surface area contributed by atoms with Gasteiger partial charge < -0.3 is 20.5 Å². The first-order valence-electron chi connectivity index (χ1n) is 5.96. The zero-order valence-electron chi connectivity index (χ0n) is 10.7. The molecule has 0 radical (unpaired) electrons. The van der Waals surface area contributed by atoms with Crippen LogP contribution in [0.15, 0.2) is 24.3 Å². The fourth-order valence-corrected chi connectivity index (χ4v) is 2.28. The van der Waals surface area contributed by atoms with Crippen molar-refractivity contribution >= 4 is 12.0 Å². The Bertz CT molecular complexity index is 486. The SMILES string of the molecule is COc1ccc(C2NC(=O)C(C)C2NC(=O)O)cc1. The van der Waals surface area contributed by atoms with Crippen molar-refractivity contribution in [3.05, 3.63) is 29.8 Å². The summed E-state index contributed by atoms with van der Waals surface area (Å²) in [6, 6.07) is 6.37. The van der Waals surface area contributed by atoms with E-state index in [-0.39, 0.29) is 11.9 Å². The molecule has 0 spiro atoms. The number of methoxy groups -OCH3 is 1. The van der Waals surface area contributed by atoms with Crippen molar-refractivity contribution in [3.8, 4) is 5.75 Å². The first-order chi connectivity index (χ1) is 9.02. The quantitative estimate of drug-likeness (QED) is 0.764. The average molecular weight is 264 g/mol. The predicted octanol–water partition coefficient (Wildman–Crippen LogP) is 1.14. The molecule has 0 aliphatic carbocycles. The Balaban J connectivity index is 2.24. The molecular formula is C13H16N2O4. The van der Waals surface area contributed by atoms with E-state index in [1.807, 2.05) is 12.1 Å². The molecule has 0 aromatic heterocycles. The van der Waals surface area contributed by atoms with Crippen LogP contribution in [0.3, 0.4) is 0 Å². The number of amides is 2. The standard InChI is InChI=1S/C13H16N2O4/c1-7-10(15-13(17)18)11(14-12(7)16)8-3-5-9(19-2)6-4-8/h3-7,10-11,15H,1-2H3,(H,14,16)(H,17,18). The lowest BCUT2D eigenvalue weighted by molar-refractivity contribution is -0.122. The number of carboxylic acid groups (broad SMARTS) is 1. The summed E-state index contributed by atoms with van der Waals surface area (Å²) in [5.41, 5.74) is 0.845. The first-order valence-corrected chi connectivity index (χ1v) is 5.96. The maximum atomic E-state index is 11.7. The van der Waals surface area contributed by atoms with Crippen molar-refractivity contribution in [2.45, 2.75) is 19.0 Å². The summed E-state index contributed by atoms with van der Waals surface area (Å²) in [4.78, 5) is 22.5. The first kappa shape index (κ1) is 13.2. The number of carbonyl (C=O) groups is 2. The summed E-state index contributed by atoms with van der Waals surface area (Å²) in [5, 5.41) is 14.1. The fourth-order valence-electron chi connectivity index (χ4n) is 2.28. The molecule has 1 saturated heterocycles. The fraction of sp³-hybridized carbons (Fsp3) is 0.385. The highest BCUT2D eigenvalue weighted by Gasteiger charge is 2.41. The molecule has 1 heterocycles. The molecule has 3 atom stereocenters. The maximum Gasteiger partial charge on any atom is 0.404 e. The van der Waals surface area contributed by atoms with Gasteiger partial charge in [0, 0.05) is 0 Å². The van der Waals surface area contributed by atoms with Crippen LogP contribution in [0.1, 0.15) is 18.5 Å². The molecule has 19 heavy (non-hydrogen) atoms. The molecular weight excluding hydrogens is 248 g/mol. The number of nitrogens with one attached hydrogen (secondary N) is 2. The third-order valence-corrected chi connectivity index (χ3v) is 3.37. The number of hydrogen-bond acceptors (Lipinski definition) is 3. The zero-order chi connectivity index (χ0) is 14.0. The number of hydrogen-bond donors (Lipinski definition) is 3. The molecule has 6 nitrogen and oxygen atoms in total. The summed E-state index contributed by atoms with van der Waals surface area (Å²) in [6.45, 7) is 1.71. The Labute approximate surface area is 110 Å². The van der Waals surface area contributed by atoms with Gasteiger partial charge in [-0.1, -0.05) is 19.1 Å². The molecule has 3 N–H and O–H groups in total. The van der Waals surface area contributed by atoms with Gasteiger partial charge in [0.1, 0.15) is 5.75 Å². The van der Waals surface area contributed by atoms with Gasteiger partial charge in [0.15, 0.2) is 0 Å². The molecule has 1 aliphatic heterocycles. The molecule has 1 aliphatic rings. The molecule has 0 bridgehead atoms. The van der Waals surface area contributed by atoms with E-state index in [1.54, 1.807) is 26.2 Å². The summed E-state index contributed by atoms with van der Waals surface area (Å²) in [6.07, 6.45) is -1.13. The van der Waals surface area contributed by atoms with Crippen LogP contribution in [0.25, 0.3) is 0 Å². The Morgan fingerprint density at radius 3 is 2.53 bits per heavy atom. The van der Waals surface area contributed by atoms with Crippen LogP contribution in [-0.2, 0) is 4.79 Å². The molecule has 102 valence electrons. The van der Waals surface area contributed by atoms with Crippen molar-refractivity contribution in [3.63, 3.8) is 0 Å². The van der Waals surface area contributed by atoms with Gasteiger partial charge in [0.05, 0.1) is 25.1 Å². The van der Waals surface area contributed by atoms with E-state index in [1.165, 1.54) is 0 Å². The van der Waals surface area contributed by atoms with E-state index in [9.17, 15) is 9.59 Å². The van der Waals surface area contributed by atoms with E-state index in [4.69, 9.17) is 9.84 Å². The lowest BCUT2D eigenvalue weighted by Gasteiger charge is -2.21. The van der Waals surface area contributed by atoms with E-state index >= 15 is 0 Å². The lowest BCUT2D eigenvalue weighted by Crippen LogP contribution is -2.40. The topological polar surface area (TPSA) is 87.7 Å². The summed E-state index contributed by atoms with van der Waals surface area (Å²) >= 11 is 0. The molecule has 0 saturated carbocycles. The van der Waals surface area contributed by atoms with Crippen LogP contribution in [0.5, 0.6) is 5.75 Å². The average Bonchev–Trinajstić information content (AvgIpc) is 2.67. The largest absolute Gasteiger partial charge is 0.497 e. The molecule has 2 amide bonds. The third-order valence-electron chi connectivity index (χ3n) is 3.37. The van der Waals surface area contributed by atoms with Crippen molar-refractivity contribution in [1.29, 1.82) is 0 Å². The van der Waals surface area contributed by atoms with Gasteiger partial charge in [-0.2, -0.15) is 0 Å². The van der Waals surface area contributed by atoms with Crippen LogP contribution in [0.2, 0.25) is 0 Å². The van der Waals surface area contributed by atoms with Gasteiger partial charge in [-0.25, -0.2) is 4.79 Å². The second-order valence-corrected chi connectivity index (χ2v) is 4.52. The minimum Gasteiger partial charge on any atom is -0.497 e. The minimum absolute atomic E-state index is 0.153. The number of benzene rings is 1. The predicted molar refractivity (Wildman–Crippen MR) is 68.0 cm³/mol. The smallest absolute Gasteiger partial charge is 0.404 e. The Hall–Kier alpha value is -2.24. The lowest BCUT2D eigenvalue weighted by atomic mass is 9.95. The monoisotopic (exact) mass is 264 g/mol. The van der Waals surface area contributed by atoms with Gasteiger partial charge in [0.25, 0.3) is 0 Å². The van der Waals surface area contributed by atoms with Crippen LogP contribution in [0.4, 0.5) is 4.79 Å². The van der Waals surface area contributed by atoms with Crippen molar-refractivity contribution in [2.75, 3.05) is 7.11 Å². The molecule has 1 fully saturated rings. The summed E-state index contributed by atoms with van der Waals surface area (Å²) in [7, 11) is 1.57. The van der Waals surface area contributed by atoms with Crippen molar-refractivity contribution in [2.24, 2.45) is 5.92 Å². The molecule has 1 aromatic carbocycles. The third kappa shape index (κ3) is 2.62. The molecule has 1 aromatic rings. The second kappa shape index (κ2) is 5.17. The van der Waals surface area contributed by atoms with Crippen LogP contribution >= 0.6 is 0 Å². The second-order valence-electron chi connectivity index (χ2n) is 4.52. The van der Waals surface area contributed by atoms with Crippen molar-refractivity contribution in [1.82, 2.24) is 10.6 Å². The minimum atomic E-state index is -1.13. The van der Waals surface area contributed by atoms with E-state index < -0.39 is 18.1 Å². The molecule has 3 unspecified atom stereocenters. The highest BCUT2D eigenvalue weighted by Crippen LogP contribution is 2.29. The van der Waals surface area contributed by atoms with E-state index in [2.05, 4.69) is 10.6 Å². The Morgan fingerprint density at radius 2 is 2.00 bits per heavy atom.